The van der Waals surface area contributed by atoms with E-state index in [1.807, 2.05) is 23.6 Å². The van der Waals surface area contributed by atoms with E-state index >= 15 is 0 Å². The first-order valence-electron chi connectivity index (χ1n) is 9.17. The minimum atomic E-state index is -0.129. The Morgan fingerprint density at radius 2 is 2.07 bits per heavy atom. The molecule has 8 nitrogen and oxygen atoms in total. The van der Waals surface area contributed by atoms with E-state index in [0.717, 1.165) is 23.4 Å². The normalized spacial score (nSPS) is 13.3. The van der Waals surface area contributed by atoms with Crippen LogP contribution in [0, 0.1) is 0 Å². The number of ether oxygens (including phenoxy) is 1. The van der Waals surface area contributed by atoms with Gasteiger partial charge in [0, 0.05) is 75.3 Å². The Balaban J connectivity index is 1.61. The van der Waals surface area contributed by atoms with Gasteiger partial charge in [0.1, 0.15) is 6.61 Å². The van der Waals surface area contributed by atoms with Crippen LogP contribution in [0.2, 0.25) is 0 Å². The fraction of sp³-hybridized carbons (Fsp3) is 0.474. The molecule has 27 heavy (non-hydrogen) atoms. The molecule has 0 spiro atoms. The van der Waals surface area contributed by atoms with Gasteiger partial charge in [-0.1, -0.05) is 0 Å². The molecule has 0 saturated heterocycles. The van der Waals surface area contributed by atoms with Crippen molar-refractivity contribution in [3.05, 3.63) is 47.0 Å². The molecule has 2 aromatic rings. The number of aryl methyl sites for hydroxylation is 1. The molecule has 1 aliphatic rings. The highest BCUT2D eigenvalue weighted by molar-refractivity contribution is 5.93. The molecule has 8 heteroatoms. The molecule has 0 atom stereocenters. The van der Waals surface area contributed by atoms with Gasteiger partial charge in [-0.2, -0.15) is 5.10 Å². The van der Waals surface area contributed by atoms with Crippen LogP contribution in [-0.4, -0.2) is 57.8 Å². The number of rotatable bonds is 7. The number of fused-ring (bicyclic) bond motifs is 1. The molecule has 0 radical (unpaired) electrons. The van der Waals surface area contributed by atoms with Gasteiger partial charge >= 0.3 is 0 Å². The van der Waals surface area contributed by atoms with Gasteiger partial charge in [0.25, 0.3) is 5.91 Å². The van der Waals surface area contributed by atoms with E-state index < -0.39 is 0 Å². The molecular weight excluding hydrogens is 346 g/mol. The van der Waals surface area contributed by atoms with Crippen LogP contribution in [0.1, 0.15) is 34.2 Å². The fourth-order valence-electron chi connectivity index (χ4n) is 3.26. The lowest BCUT2D eigenvalue weighted by molar-refractivity contribution is -0.136. The molecule has 2 amide bonds. The SMILES string of the molecule is CCOCC(=O)N1CCc2c(c(CCNC(=O)c3ccncc3)nn2C)C1. The standard InChI is InChI=1S/C19H25N5O3/c1-3-27-13-18(25)24-11-7-17-15(12-24)16(22-23(17)2)6-10-21-19(26)14-4-8-20-9-5-14/h4-5,8-9H,3,6-7,10-13H2,1-2H3,(H,21,26). The molecule has 1 N–H and O–H groups in total. The zero-order valence-corrected chi connectivity index (χ0v) is 15.8. The highest BCUT2D eigenvalue weighted by Crippen LogP contribution is 2.22. The second kappa shape index (κ2) is 8.77. The average Bonchev–Trinajstić information content (AvgIpc) is 3.01. The molecule has 0 bridgehead atoms. The number of hydrogen-bond acceptors (Lipinski definition) is 5. The lowest BCUT2D eigenvalue weighted by Gasteiger charge is -2.27. The van der Waals surface area contributed by atoms with E-state index in [-0.39, 0.29) is 18.4 Å². The van der Waals surface area contributed by atoms with Crippen molar-refractivity contribution in [2.75, 3.05) is 26.3 Å². The molecule has 0 saturated carbocycles. The van der Waals surface area contributed by atoms with Crippen molar-refractivity contribution in [1.29, 1.82) is 0 Å². The number of amides is 2. The minimum Gasteiger partial charge on any atom is -0.372 e. The van der Waals surface area contributed by atoms with Gasteiger partial charge in [-0.3, -0.25) is 19.3 Å². The van der Waals surface area contributed by atoms with Gasteiger partial charge in [-0.05, 0) is 19.1 Å². The summed E-state index contributed by atoms with van der Waals surface area (Å²) in [4.78, 5) is 30.1. The van der Waals surface area contributed by atoms with E-state index in [4.69, 9.17) is 4.74 Å². The van der Waals surface area contributed by atoms with E-state index in [2.05, 4.69) is 15.4 Å². The highest BCUT2D eigenvalue weighted by Gasteiger charge is 2.26. The zero-order chi connectivity index (χ0) is 19.2. The van der Waals surface area contributed by atoms with Crippen molar-refractivity contribution in [1.82, 2.24) is 25.0 Å². The number of carbonyl (C=O) groups excluding carboxylic acids is 2. The van der Waals surface area contributed by atoms with Crippen LogP contribution in [0.15, 0.2) is 24.5 Å². The first-order valence-corrected chi connectivity index (χ1v) is 9.17. The molecule has 0 aromatic carbocycles. The smallest absolute Gasteiger partial charge is 0.251 e. The van der Waals surface area contributed by atoms with E-state index in [0.29, 0.717) is 38.2 Å². The summed E-state index contributed by atoms with van der Waals surface area (Å²) >= 11 is 0. The molecule has 3 rings (SSSR count). The van der Waals surface area contributed by atoms with Crippen molar-refractivity contribution >= 4 is 11.8 Å². The first kappa shape index (κ1) is 19.0. The highest BCUT2D eigenvalue weighted by atomic mass is 16.5. The Hall–Kier alpha value is -2.74. The van der Waals surface area contributed by atoms with Gasteiger partial charge in [-0.25, -0.2) is 0 Å². The summed E-state index contributed by atoms with van der Waals surface area (Å²) in [6, 6.07) is 3.36. The summed E-state index contributed by atoms with van der Waals surface area (Å²) in [6.45, 7) is 4.22. The van der Waals surface area contributed by atoms with Crippen molar-refractivity contribution in [3.8, 4) is 0 Å². The Bertz CT molecular complexity index is 803. The Labute approximate surface area is 158 Å². The van der Waals surface area contributed by atoms with Crippen LogP contribution in [-0.2, 0) is 36.0 Å². The Kier molecular flexibility index (Phi) is 6.18. The van der Waals surface area contributed by atoms with Gasteiger partial charge in [-0.15, -0.1) is 0 Å². The average molecular weight is 371 g/mol. The van der Waals surface area contributed by atoms with Crippen molar-refractivity contribution in [2.24, 2.45) is 7.05 Å². The Morgan fingerprint density at radius 3 is 2.81 bits per heavy atom. The van der Waals surface area contributed by atoms with Crippen LogP contribution in [0.3, 0.4) is 0 Å². The summed E-state index contributed by atoms with van der Waals surface area (Å²) in [5.41, 5.74) is 3.76. The van der Waals surface area contributed by atoms with Gasteiger partial charge in [0.05, 0.1) is 5.69 Å². The Morgan fingerprint density at radius 1 is 1.30 bits per heavy atom. The summed E-state index contributed by atoms with van der Waals surface area (Å²) in [6.07, 6.45) is 4.59. The van der Waals surface area contributed by atoms with E-state index in [1.165, 1.54) is 0 Å². The van der Waals surface area contributed by atoms with Crippen LogP contribution < -0.4 is 5.32 Å². The predicted octanol–water partition coefficient (Wildman–Crippen LogP) is 0.709. The largest absolute Gasteiger partial charge is 0.372 e. The minimum absolute atomic E-state index is 0.00305. The quantitative estimate of drug-likeness (QED) is 0.774. The zero-order valence-electron chi connectivity index (χ0n) is 15.8. The van der Waals surface area contributed by atoms with Gasteiger partial charge < -0.3 is 15.0 Å². The predicted molar refractivity (Wildman–Crippen MR) is 99.1 cm³/mol. The van der Waals surface area contributed by atoms with Gasteiger partial charge in [0.15, 0.2) is 0 Å². The number of carbonyl (C=O) groups is 2. The number of nitrogens with zero attached hydrogens (tertiary/aromatic N) is 4. The lowest BCUT2D eigenvalue weighted by atomic mass is 10.0. The third kappa shape index (κ3) is 4.51. The molecular formula is C19H25N5O3. The fourth-order valence-corrected chi connectivity index (χ4v) is 3.26. The maximum Gasteiger partial charge on any atom is 0.251 e. The van der Waals surface area contributed by atoms with Crippen LogP contribution in [0.4, 0.5) is 0 Å². The summed E-state index contributed by atoms with van der Waals surface area (Å²) < 4.78 is 7.13. The molecule has 0 aliphatic carbocycles. The van der Waals surface area contributed by atoms with Crippen LogP contribution >= 0.6 is 0 Å². The van der Waals surface area contributed by atoms with E-state index in [9.17, 15) is 9.59 Å². The number of nitrogens with one attached hydrogen (secondary N) is 1. The maximum absolute atomic E-state index is 12.3. The molecule has 1 aliphatic heterocycles. The van der Waals surface area contributed by atoms with Gasteiger partial charge in [0.2, 0.25) is 5.91 Å². The second-order valence-electron chi connectivity index (χ2n) is 6.44. The summed E-state index contributed by atoms with van der Waals surface area (Å²) in [5.74, 6) is -0.126. The summed E-state index contributed by atoms with van der Waals surface area (Å²) in [5, 5.41) is 7.51. The van der Waals surface area contributed by atoms with Crippen LogP contribution in [0.25, 0.3) is 0 Å². The molecule has 144 valence electrons. The maximum atomic E-state index is 12.3. The number of hydrogen-bond donors (Lipinski definition) is 1. The molecule has 3 heterocycles. The third-order valence-electron chi connectivity index (χ3n) is 4.70. The number of pyridine rings is 1. The van der Waals surface area contributed by atoms with Crippen LogP contribution in [0.5, 0.6) is 0 Å². The molecule has 2 aromatic heterocycles. The molecule has 0 unspecified atom stereocenters. The van der Waals surface area contributed by atoms with Crippen molar-refractivity contribution < 1.29 is 14.3 Å². The van der Waals surface area contributed by atoms with E-state index in [1.54, 1.807) is 24.5 Å². The monoisotopic (exact) mass is 371 g/mol. The second-order valence-corrected chi connectivity index (χ2v) is 6.44. The molecule has 0 fully saturated rings. The summed E-state index contributed by atoms with van der Waals surface area (Å²) in [7, 11) is 1.93. The topological polar surface area (TPSA) is 89.3 Å². The van der Waals surface area contributed by atoms with Crippen molar-refractivity contribution in [2.45, 2.75) is 26.3 Å². The third-order valence-corrected chi connectivity index (χ3v) is 4.70. The first-order chi connectivity index (χ1) is 13.1. The van der Waals surface area contributed by atoms with Crippen molar-refractivity contribution in [3.63, 3.8) is 0 Å². The lowest BCUT2D eigenvalue weighted by Crippen LogP contribution is -2.38. The number of aromatic nitrogens is 3.